The van der Waals surface area contributed by atoms with Crippen LogP contribution in [-0.4, -0.2) is 58.6 Å². The fourth-order valence-electron chi connectivity index (χ4n) is 3.93. The number of imidazole rings is 1. The zero-order valence-electron chi connectivity index (χ0n) is 18.9. The second kappa shape index (κ2) is 9.48. The van der Waals surface area contributed by atoms with Crippen LogP contribution in [0.2, 0.25) is 0 Å². The van der Waals surface area contributed by atoms with Gasteiger partial charge in [-0.05, 0) is 61.1 Å². The molecule has 9 heteroatoms. The smallest absolute Gasteiger partial charge is 0.276 e. The van der Waals surface area contributed by atoms with Crippen molar-refractivity contribution in [2.45, 2.75) is 6.54 Å². The average molecular weight is 460 g/mol. The number of nitrogens with zero attached hydrogens (tertiary/aromatic N) is 5. The lowest BCUT2D eigenvalue weighted by molar-refractivity contribution is 0.102. The van der Waals surface area contributed by atoms with E-state index in [2.05, 4.69) is 37.6 Å². The number of piperazine rings is 1. The lowest BCUT2D eigenvalue weighted by atomic mass is 10.2. The molecule has 1 amide bonds. The number of carbonyl (C=O) groups excluding carboxylic acids is 1. The zero-order chi connectivity index (χ0) is 23.5. The summed E-state index contributed by atoms with van der Waals surface area (Å²) in [6.07, 6.45) is 1.51. The maximum atomic E-state index is 13.1. The molecule has 1 saturated heterocycles. The summed E-state index contributed by atoms with van der Waals surface area (Å²) in [5, 5.41) is 10.6. The first-order chi connectivity index (χ1) is 16.5. The molecule has 1 aliphatic rings. The molecule has 174 valence electrons. The first-order valence-corrected chi connectivity index (χ1v) is 11.2. The highest BCUT2D eigenvalue weighted by Crippen LogP contribution is 2.20. The Hall–Kier alpha value is -3.98. The van der Waals surface area contributed by atoms with Gasteiger partial charge in [0.05, 0.1) is 6.20 Å². The highest BCUT2D eigenvalue weighted by Gasteiger charge is 2.16. The van der Waals surface area contributed by atoms with Gasteiger partial charge in [-0.3, -0.25) is 4.79 Å². The largest absolute Gasteiger partial charge is 0.369 e. The SMILES string of the molecule is CN1CCN(c2ccc(NC(=O)c3cnc4ccc(NCc5ccc(F)cc5)nn34)cc2)CC1. The van der Waals surface area contributed by atoms with Crippen LogP contribution in [0.4, 0.5) is 21.6 Å². The fraction of sp³-hybridized carbons (Fsp3) is 0.240. The standard InChI is InChI=1S/C25H26FN7O/c1-31-12-14-32(15-13-31)21-8-6-20(7-9-21)29-25(34)22-17-28-24-11-10-23(30-33(22)24)27-16-18-2-4-19(26)5-3-18/h2-11,17H,12-16H2,1H3,(H,27,30)(H,29,34). The van der Waals surface area contributed by atoms with Gasteiger partial charge in [-0.15, -0.1) is 5.10 Å². The topological polar surface area (TPSA) is 77.8 Å². The van der Waals surface area contributed by atoms with E-state index in [4.69, 9.17) is 0 Å². The van der Waals surface area contributed by atoms with E-state index in [0.717, 1.165) is 37.4 Å². The summed E-state index contributed by atoms with van der Waals surface area (Å²) in [6, 6.07) is 17.8. The first-order valence-electron chi connectivity index (χ1n) is 11.2. The van der Waals surface area contributed by atoms with Gasteiger partial charge >= 0.3 is 0 Å². The molecule has 2 aromatic heterocycles. The maximum Gasteiger partial charge on any atom is 0.276 e. The third kappa shape index (κ3) is 4.84. The second-order valence-corrected chi connectivity index (χ2v) is 8.40. The Labute approximate surface area is 197 Å². The van der Waals surface area contributed by atoms with Crippen LogP contribution in [0.1, 0.15) is 16.1 Å². The van der Waals surface area contributed by atoms with E-state index in [-0.39, 0.29) is 11.7 Å². The molecule has 0 saturated carbocycles. The van der Waals surface area contributed by atoms with Gasteiger partial charge in [-0.1, -0.05) is 12.1 Å². The normalized spacial score (nSPS) is 14.4. The van der Waals surface area contributed by atoms with Gasteiger partial charge in [0.25, 0.3) is 5.91 Å². The molecule has 2 N–H and O–H groups in total. The van der Waals surface area contributed by atoms with E-state index >= 15 is 0 Å². The molecule has 0 bridgehead atoms. The molecular weight excluding hydrogens is 433 g/mol. The van der Waals surface area contributed by atoms with Crippen molar-refractivity contribution in [3.8, 4) is 0 Å². The van der Waals surface area contributed by atoms with Crippen LogP contribution in [0.25, 0.3) is 5.65 Å². The highest BCUT2D eigenvalue weighted by atomic mass is 19.1. The lowest BCUT2D eigenvalue weighted by Crippen LogP contribution is -2.44. The number of benzene rings is 2. The number of halogens is 1. The van der Waals surface area contributed by atoms with Gasteiger partial charge < -0.3 is 20.4 Å². The van der Waals surface area contributed by atoms with Crippen LogP contribution in [-0.2, 0) is 6.54 Å². The number of fused-ring (bicyclic) bond motifs is 1. The lowest BCUT2D eigenvalue weighted by Gasteiger charge is -2.34. The minimum absolute atomic E-state index is 0.272. The zero-order valence-corrected chi connectivity index (χ0v) is 18.9. The molecule has 0 unspecified atom stereocenters. The molecule has 8 nitrogen and oxygen atoms in total. The molecule has 0 atom stereocenters. The van der Waals surface area contributed by atoms with Gasteiger partial charge in [-0.2, -0.15) is 0 Å². The Bertz CT molecular complexity index is 1280. The number of rotatable bonds is 6. The van der Waals surface area contributed by atoms with Gasteiger partial charge in [-0.25, -0.2) is 13.9 Å². The number of hydrogen-bond donors (Lipinski definition) is 2. The molecule has 1 aliphatic heterocycles. The molecule has 4 aromatic rings. The van der Waals surface area contributed by atoms with Gasteiger partial charge in [0.1, 0.15) is 11.6 Å². The average Bonchev–Trinajstić information content (AvgIpc) is 3.28. The Morgan fingerprint density at radius 3 is 2.44 bits per heavy atom. The molecule has 34 heavy (non-hydrogen) atoms. The second-order valence-electron chi connectivity index (χ2n) is 8.40. The predicted molar refractivity (Wildman–Crippen MR) is 131 cm³/mol. The number of aromatic nitrogens is 3. The van der Waals surface area contributed by atoms with E-state index in [1.807, 2.05) is 24.3 Å². The van der Waals surface area contributed by atoms with Crippen molar-refractivity contribution in [3.05, 3.63) is 83.9 Å². The van der Waals surface area contributed by atoms with E-state index in [9.17, 15) is 9.18 Å². The van der Waals surface area contributed by atoms with E-state index in [1.165, 1.54) is 22.8 Å². The fourth-order valence-corrected chi connectivity index (χ4v) is 3.93. The summed E-state index contributed by atoms with van der Waals surface area (Å²) in [5.74, 6) is 0.0229. The summed E-state index contributed by atoms with van der Waals surface area (Å²) >= 11 is 0. The number of hydrogen-bond acceptors (Lipinski definition) is 6. The molecule has 3 heterocycles. The van der Waals surface area contributed by atoms with Crippen LogP contribution in [0.3, 0.4) is 0 Å². The maximum absolute atomic E-state index is 13.1. The highest BCUT2D eigenvalue weighted by molar-refractivity contribution is 6.03. The monoisotopic (exact) mass is 459 g/mol. The van der Waals surface area contributed by atoms with E-state index < -0.39 is 0 Å². The van der Waals surface area contributed by atoms with Crippen molar-refractivity contribution in [1.82, 2.24) is 19.5 Å². The Balaban J connectivity index is 1.26. The van der Waals surface area contributed by atoms with Crippen LogP contribution in [0.5, 0.6) is 0 Å². The minimum Gasteiger partial charge on any atom is -0.369 e. The van der Waals surface area contributed by atoms with Crippen molar-refractivity contribution >= 4 is 28.7 Å². The van der Waals surface area contributed by atoms with Crippen molar-refractivity contribution < 1.29 is 9.18 Å². The molecule has 5 rings (SSSR count). The van der Waals surface area contributed by atoms with Crippen molar-refractivity contribution in [2.75, 3.05) is 48.8 Å². The number of carbonyl (C=O) groups is 1. The van der Waals surface area contributed by atoms with Crippen LogP contribution >= 0.6 is 0 Å². The molecule has 0 aliphatic carbocycles. The third-order valence-electron chi connectivity index (χ3n) is 5.98. The number of nitrogens with one attached hydrogen (secondary N) is 2. The molecule has 2 aromatic carbocycles. The van der Waals surface area contributed by atoms with Crippen molar-refractivity contribution in [1.29, 1.82) is 0 Å². The van der Waals surface area contributed by atoms with Crippen molar-refractivity contribution in [2.24, 2.45) is 0 Å². The van der Waals surface area contributed by atoms with Gasteiger partial charge in [0.15, 0.2) is 11.3 Å². The summed E-state index contributed by atoms with van der Waals surface area (Å²) in [6.45, 7) is 4.55. The van der Waals surface area contributed by atoms with Crippen LogP contribution in [0.15, 0.2) is 66.9 Å². The Kier molecular flexibility index (Phi) is 6.09. The number of likely N-dealkylation sites (N-methyl/N-ethyl adjacent to an activating group) is 1. The molecule has 1 fully saturated rings. The van der Waals surface area contributed by atoms with Crippen molar-refractivity contribution in [3.63, 3.8) is 0 Å². The van der Waals surface area contributed by atoms with Gasteiger partial charge in [0, 0.05) is 44.1 Å². The summed E-state index contributed by atoms with van der Waals surface area (Å²) < 4.78 is 14.6. The van der Waals surface area contributed by atoms with Crippen LogP contribution in [0, 0.1) is 5.82 Å². The van der Waals surface area contributed by atoms with Gasteiger partial charge in [0.2, 0.25) is 0 Å². The van der Waals surface area contributed by atoms with E-state index in [0.29, 0.717) is 29.4 Å². The first kappa shape index (κ1) is 21.8. The minimum atomic E-state index is -0.289. The molecule has 0 spiro atoms. The predicted octanol–water partition coefficient (Wildman–Crippen LogP) is 3.48. The number of anilines is 3. The molecular formula is C25H26FN7O. The quantitative estimate of drug-likeness (QED) is 0.460. The summed E-state index contributed by atoms with van der Waals surface area (Å²) in [5.41, 5.74) is 3.70. The molecule has 0 radical (unpaired) electrons. The Morgan fingerprint density at radius 2 is 1.71 bits per heavy atom. The van der Waals surface area contributed by atoms with Crippen LogP contribution < -0.4 is 15.5 Å². The Morgan fingerprint density at radius 1 is 0.971 bits per heavy atom. The summed E-state index contributed by atoms with van der Waals surface area (Å²) in [7, 11) is 2.13. The van der Waals surface area contributed by atoms with E-state index in [1.54, 1.807) is 24.3 Å². The third-order valence-corrected chi connectivity index (χ3v) is 5.98. The number of amides is 1. The summed E-state index contributed by atoms with van der Waals surface area (Å²) in [4.78, 5) is 21.9.